The number of hydrogen-bond donors (Lipinski definition) is 4. The molecular formula is C23H25N7O9. The van der Waals surface area contributed by atoms with E-state index in [1.54, 1.807) is 0 Å². The SMILES string of the molecule is O=C(CCN=C(NC(=O)OCc1ccc([N+](=O)[O-])cc1)NC(=O)OCc1ccc([N+](=O)[O-])cc1)NC1CNC1. The minimum atomic E-state index is -0.993. The van der Waals surface area contributed by atoms with Crippen LogP contribution in [-0.4, -0.2) is 59.6 Å². The molecule has 16 nitrogen and oxygen atoms in total. The van der Waals surface area contributed by atoms with Gasteiger partial charge in [-0.25, -0.2) is 9.59 Å². The van der Waals surface area contributed by atoms with E-state index in [0.29, 0.717) is 24.2 Å². The van der Waals surface area contributed by atoms with Gasteiger partial charge >= 0.3 is 12.2 Å². The molecule has 0 spiro atoms. The third-order valence-corrected chi connectivity index (χ3v) is 5.23. The van der Waals surface area contributed by atoms with E-state index >= 15 is 0 Å². The maximum Gasteiger partial charge on any atom is 0.414 e. The summed E-state index contributed by atoms with van der Waals surface area (Å²) in [5.74, 6) is -0.596. The molecule has 3 rings (SSSR count). The Morgan fingerprint density at radius 2 is 1.31 bits per heavy atom. The van der Waals surface area contributed by atoms with Gasteiger partial charge in [-0.05, 0) is 35.4 Å². The molecule has 39 heavy (non-hydrogen) atoms. The third kappa shape index (κ3) is 9.69. The van der Waals surface area contributed by atoms with Crippen molar-refractivity contribution in [3.8, 4) is 0 Å². The number of ether oxygens (including phenoxy) is 2. The first-order valence-corrected chi connectivity index (χ1v) is 11.6. The number of nitrogens with zero attached hydrogens (tertiary/aromatic N) is 3. The number of nitro benzene ring substituents is 2. The quantitative estimate of drug-likeness (QED) is 0.146. The van der Waals surface area contributed by atoms with Crippen molar-refractivity contribution in [2.75, 3.05) is 19.6 Å². The predicted molar refractivity (Wildman–Crippen MR) is 135 cm³/mol. The maximum absolute atomic E-state index is 12.3. The minimum absolute atomic E-state index is 0.0148. The number of alkyl carbamates (subject to hydrolysis) is 2. The van der Waals surface area contributed by atoms with Crippen LogP contribution in [0.4, 0.5) is 21.0 Å². The number of guanidine groups is 1. The monoisotopic (exact) mass is 543 g/mol. The third-order valence-electron chi connectivity index (χ3n) is 5.23. The zero-order chi connectivity index (χ0) is 28.2. The predicted octanol–water partition coefficient (Wildman–Crippen LogP) is 1.49. The van der Waals surface area contributed by atoms with E-state index in [-0.39, 0.29) is 55.5 Å². The van der Waals surface area contributed by atoms with Gasteiger partial charge in [-0.15, -0.1) is 0 Å². The zero-order valence-corrected chi connectivity index (χ0v) is 20.5. The van der Waals surface area contributed by atoms with Gasteiger partial charge in [0.1, 0.15) is 13.2 Å². The van der Waals surface area contributed by atoms with Crippen molar-refractivity contribution >= 4 is 35.4 Å². The van der Waals surface area contributed by atoms with Crippen molar-refractivity contribution in [2.24, 2.45) is 4.99 Å². The summed E-state index contributed by atoms with van der Waals surface area (Å²) in [6.45, 7) is 0.820. The van der Waals surface area contributed by atoms with Gasteiger partial charge in [0.2, 0.25) is 11.9 Å². The highest BCUT2D eigenvalue weighted by atomic mass is 16.6. The summed E-state index contributed by atoms with van der Waals surface area (Å²) in [6.07, 6.45) is -2.00. The van der Waals surface area contributed by atoms with E-state index < -0.39 is 22.0 Å². The summed E-state index contributed by atoms with van der Waals surface area (Å²) in [5, 5.41) is 31.8. The van der Waals surface area contributed by atoms with Gasteiger partial charge in [-0.3, -0.25) is 40.6 Å². The number of nitro groups is 2. The molecule has 206 valence electrons. The molecule has 0 aromatic heterocycles. The molecule has 0 atom stereocenters. The Morgan fingerprint density at radius 3 is 1.69 bits per heavy atom. The van der Waals surface area contributed by atoms with Gasteiger partial charge in [0.25, 0.3) is 11.4 Å². The lowest BCUT2D eigenvalue weighted by Crippen LogP contribution is -2.57. The minimum Gasteiger partial charge on any atom is -0.444 e. The Bertz CT molecular complexity index is 1150. The molecule has 1 fully saturated rings. The van der Waals surface area contributed by atoms with Crippen LogP contribution < -0.4 is 21.3 Å². The fraction of sp³-hybridized carbons (Fsp3) is 0.304. The van der Waals surface area contributed by atoms with Crippen LogP contribution in [0.1, 0.15) is 17.5 Å². The second kappa shape index (κ2) is 14.0. The van der Waals surface area contributed by atoms with Crippen molar-refractivity contribution in [3.05, 3.63) is 79.9 Å². The van der Waals surface area contributed by atoms with E-state index in [9.17, 15) is 34.6 Å². The van der Waals surface area contributed by atoms with Crippen LogP contribution in [0.5, 0.6) is 0 Å². The zero-order valence-electron chi connectivity index (χ0n) is 20.5. The highest BCUT2D eigenvalue weighted by Crippen LogP contribution is 2.13. The van der Waals surface area contributed by atoms with Gasteiger partial charge < -0.3 is 20.1 Å². The summed E-state index contributed by atoms with van der Waals surface area (Å²) in [6, 6.07) is 10.8. The maximum atomic E-state index is 12.3. The molecule has 1 aliphatic rings. The number of rotatable bonds is 10. The van der Waals surface area contributed by atoms with E-state index in [4.69, 9.17) is 9.47 Å². The Hall–Kier alpha value is -5.12. The van der Waals surface area contributed by atoms with E-state index in [0.717, 1.165) is 0 Å². The number of aliphatic imine (C=N–C) groups is 1. The Balaban J connectivity index is 1.54. The molecule has 1 aliphatic heterocycles. The average molecular weight is 543 g/mol. The molecule has 0 saturated carbocycles. The highest BCUT2D eigenvalue weighted by molar-refractivity contribution is 6.01. The van der Waals surface area contributed by atoms with E-state index in [1.165, 1.54) is 48.5 Å². The van der Waals surface area contributed by atoms with Crippen LogP contribution in [0.2, 0.25) is 0 Å². The first-order chi connectivity index (χ1) is 18.7. The molecule has 3 amide bonds. The fourth-order valence-corrected chi connectivity index (χ4v) is 3.06. The van der Waals surface area contributed by atoms with Crippen molar-refractivity contribution in [3.63, 3.8) is 0 Å². The molecule has 0 aliphatic carbocycles. The Morgan fingerprint density at radius 1 is 0.846 bits per heavy atom. The number of carbonyl (C=O) groups is 3. The van der Waals surface area contributed by atoms with Crippen LogP contribution in [0.3, 0.4) is 0 Å². The summed E-state index contributed by atoms with van der Waals surface area (Å²) in [5.41, 5.74) is 0.719. The second-order valence-corrected chi connectivity index (χ2v) is 8.15. The summed E-state index contributed by atoms with van der Waals surface area (Å²) in [7, 11) is 0. The highest BCUT2D eigenvalue weighted by Gasteiger charge is 2.18. The van der Waals surface area contributed by atoms with E-state index in [1.807, 2.05) is 0 Å². The summed E-state index contributed by atoms with van der Waals surface area (Å²) >= 11 is 0. The number of hydrogen-bond acceptors (Lipinski definition) is 11. The Labute approximate surface area is 221 Å². The molecular weight excluding hydrogens is 518 g/mol. The summed E-state index contributed by atoms with van der Waals surface area (Å²) < 4.78 is 10.1. The standard InChI is InChI=1S/C23H25N7O9/c31-20(26-17-11-24-12-17)9-10-25-21(27-22(32)38-13-15-1-5-18(6-2-15)29(34)35)28-23(33)39-14-16-3-7-19(8-4-16)30(36)37/h1-8,17,24H,9-14H2,(H,26,31)(H2,25,27,28,32,33). The normalized spacial score (nSPS) is 12.3. The van der Waals surface area contributed by atoms with Crippen LogP contribution in [0.25, 0.3) is 0 Å². The molecule has 1 saturated heterocycles. The van der Waals surface area contributed by atoms with Gasteiger partial charge in [0.05, 0.1) is 22.4 Å². The molecule has 4 N–H and O–H groups in total. The molecule has 0 unspecified atom stereocenters. The van der Waals surface area contributed by atoms with Gasteiger partial charge in [-0.1, -0.05) is 0 Å². The molecule has 16 heteroatoms. The summed E-state index contributed by atoms with van der Waals surface area (Å²) in [4.78, 5) is 61.0. The number of nitrogens with one attached hydrogen (secondary N) is 4. The van der Waals surface area contributed by atoms with Gasteiger partial charge in [0.15, 0.2) is 0 Å². The van der Waals surface area contributed by atoms with Crippen molar-refractivity contribution in [1.82, 2.24) is 21.3 Å². The largest absolute Gasteiger partial charge is 0.444 e. The fourth-order valence-electron chi connectivity index (χ4n) is 3.06. The number of benzene rings is 2. The molecule has 2 aromatic rings. The second-order valence-electron chi connectivity index (χ2n) is 8.15. The number of amides is 3. The Kier molecular flexibility index (Phi) is 10.2. The lowest BCUT2D eigenvalue weighted by Gasteiger charge is -2.27. The van der Waals surface area contributed by atoms with Crippen LogP contribution in [0.15, 0.2) is 53.5 Å². The number of non-ortho nitro benzene ring substituents is 2. The first kappa shape index (κ1) is 28.5. The lowest BCUT2D eigenvalue weighted by molar-refractivity contribution is -0.385. The van der Waals surface area contributed by atoms with Crippen molar-refractivity contribution < 1.29 is 33.7 Å². The van der Waals surface area contributed by atoms with Crippen LogP contribution in [-0.2, 0) is 27.5 Å². The van der Waals surface area contributed by atoms with Crippen LogP contribution >= 0.6 is 0 Å². The van der Waals surface area contributed by atoms with Crippen molar-refractivity contribution in [2.45, 2.75) is 25.7 Å². The first-order valence-electron chi connectivity index (χ1n) is 11.6. The molecule has 1 heterocycles. The molecule has 2 aromatic carbocycles. The van der Waals surface area contributed by atoms with Crippen molar-refractivity contribution in [1.29, 1.82) is 0 Å². The van der Waals surface area contributed by atoms with Crippen LogP contribution in [0, 0.1) is 20.2 Å². The smallest absolute Gasteiger partial charge is 0.414 e. The average Bonchev–Trinajstić information content (AvgIpc) is 2.88. The lowest BCUT2D eigenvalue weighted by atomic mass is 10.2. The number of carbonyl (C=O) groups excluding carboxylic acids is 3. The van der Waals surface area contributed by atoms with Gasteiger partial charge in [-0.2, -0.15) is 0 Å². The topological polar surface area (TPSA) is 216 Å². The van der Waals surface area contributed by atoms with Gasteiger partial charge in [0, 0.05) is 43.8 Å². The molecule has 0 radical (unpaired) electrons. The van der Waals surface area contributed by atoms with E-state index in [2.05, 4.69) is 26.3 Å². The molecule has 0 bridgehead atoms.